The summed E-state index contributed by atoms with van der Waals surface area (Å²) in [5.74, 6) is 2.70. The van der Waals surface area contributed by atoms with Gasteiger partial charge in [-0.1, -0.05) is 45.2 Å². The third kappa shape index (κ3) is 5.87. The topological polar surface area (TPSA) is 9.23 Å². The van der Waals surface area contributed by atoms with Crippen molar-refractivity contribution in [3.05, 3.63) is 52.1 Å². The predicted octanol–water partition coefficient (Wildman–Crippen LogP) is 8.13. The van der Waals surface area contributed by atoms with Crippen molar-refractivity contribution in [3.63, 3.8) is 0 Å². The van der Waals surface area contributed by atoms with Gasteiger partial charge in [-0.15, -0.1) is 0 Å². The van der Waals surface area contributed by atoms with Crippen molar-refractivity contribution in [2.45, 2.75) is 86.5 Å². The molecular weight excluding hydrogens is 352 g/mol. The molecule has 1 saturated carbocycles. The minimum Gasteiger partial charge on any atom is -0.493 e. The summed E-state index contributed by atoms with van der Waals surface area (Å²) in [5.41, 5.74) is 9.58. The summed E-state index contributed by atoms with van der Waals surface area (Å²) in [5, 5.41) is 0. The molecule has 0 amide bonds. The Morgan fingerprint density at radius 2 is 1.41 bits per heavy atom. The molecule has 158 valence electrons. The molecule has 29 heavy (non-hydrogen) atoms. The maximum Gasteiger partial charge on any atom is 0.125 e. The maximum atomic E-state index is 6.13. The Balaban J connectivity index is 1.75. The second-order valence-corrected chi connectivity index (χ2v) is 9.57. The summed E-state index contributed by atoms with van der Waals surface area (Å²) in [7, 11) is 0. The normalized spacial score (nSPS) is 14.8. The molecule has 0 heterocycles. The fourth-order valence-electron chi connectivity index (χ4n) is 4.47. The van der Waals surface area contributed by atoms with Gasteiger partial charge in [-0.25, -0.2) is 0 Å². The smallest absolute Gasteiger partial charge is 0.125 e. The Morgan fingerprint density at radius 3 is 1.93 bits per heavy atom. The van der Waals surface area contributed by atoms with Crippen LogP contribution < -0.4 is 4.74 Å². The van der Waals surface area contributed by atoms with Gasteiger partial charge in [0, 0.05) is 0 Å². The second-order valence-electron chi connectivity index (χ2n) is 9.57. The quantitative estimate of drug-likeness (QED) is 0.396. The summed E-state index contributed by atoms with van der Waals surface area (Å²) >= 11 is 0. The zero-order chi connectivity index (χ0) is 21.0. The lowest BCUT2D eigenvalue weighted by Crippen LogP contribution is -2.03. The molecule has 0 N–H and O–H groups in total. The summed E-state index contributed by atoms with van der Waals surface area (Å²) in [6.07, 6.45) is 9.19. The first-order valence-electron chi connectivity index (χ1n) is 11.7. The number of rotatable bonds is 10. The van der Waals surface area contributed by atoms with Crippen LogP contribution in [0.15, 0.2) is 24.3 Å². The molecule has 0 aliphatic heterocycles. The molecule has 0 spiro atoms. The van der Waals surface area contributed by atoms with Crippen molar-refractivity contribution in [2.24, 2.45) is 11.8 Å². The van der Waals surface area contributed by atoms with E-state index >= 15 is 0 Å². The van der Waals surface area contributed by atoms with Crippen molar-refractivity contribution in [1.29, 1.82) is 0 Å². The Kier molecular flexibility index (Phi) is 7.44. The van der Waals surface area contributed by atoms with Gasteiger partial charge in [0.05, 0.1) is 6.61 Å². The summed E-state index contributed by atoms with van der Waals surface area (Å²) in [4.78, 5) is 0. The summed E-state index contributed by atoms with van der Waals surface area (Å²) in [6.45, 7) is 14.5. The number of hydrogen-bond acceptors (Lipinski definition) is 1. The molecule has 0 radical (unpaired) electrons. The molecule has 1 aliphatic rings. The lowest BCUT2D eigenvalue weighted by molar-refractivity contribution is 0.296. The van der Waals surface area contributed by atoms with Gasteiger partial charge in [0.25, 0.3) is 0 Å². The standard InChI is InChI=1S/C28H40O/c1-7-8-9-19(2)10-13-27-20(3)14-25(15-21(27)4)26-16-22(5)28(23(6)17-26)29-18-24-11-12-24/h14-17,19,24H,7-13,18H2,1-6H3. The van der Waals surface area contributed by atoms with Crippen LogP contribution in [0.1, 0.15) is 80.2 Å². The van der Waals surface area contributed by atoms with Crippen LogP contribution >= 0.6 is 0 Å². The van der Waals surface area contributed by atoms with Crippen molar-refractivity contribution >= 4 is 0 Å². The highest BCUT2D eigenvalue weighted by molar-refractivity contribution is 5.69. The van der Waals surface area contributed by atoms with Gasteiger partial charge in [0.15, 0.2) is 0 Å². The van der Waals surface area contributed by atoms with Gasteiger partial charge in [0.1, 0.15) is 5.75 Å². The van der Waals surface area contributed by atoms with Gasteiger partial charge >= 0.3 is 0 Å². The Bertz CT molecular complexity index is 782. The molecule has 3 rings (SSSR count). The van der Waals surface area contributed by atoms with Crippen LogP contribution in [0.5, 0.6) is 5.75 Å². The number of benzene rings is 2. The van der Waals surface area contributed by atoms with Gasteiger partial charge in [-0.05, 0) is 116 Å². The molecule has 1 nitrogen and oxygen atoms in total. The fraction of sp³-hybridized carbons (Fsp3) is 0.571. The molecule has 1 fully saturated rings. The average molecular weight is 393 g/mol. The van der Waals surface area contributed by atoms with Crippen LogP contribution in [-0.4, -0.2) is 6.61 Å². The molecule has 1 aliphatic carbocycles. The SMILES string of the molecule is CCCCC(C)CCc1c(C)cc(-c2cc(C)c(OCC3CC3)c(C)c2)cc1C. The molecule has 0 aromatic heterocycles. The minimum atomic E-state index is 0.788. The number of hydrogen-bond donors (Lipinski definition) is 0. The van der Waals surface area contributed by atoms with Gasteiger partial charge in [0.2, 0.25) is 0 Å². The van der Waals surface area contributed by atoms with E-state index in [1.165, 1.54) is 78.3 Å². The van der Waals surface area contributed by atoms with Crippen LogP contribution in [0, 0.1) is 39.5 Å². The van der Waals surface area contributed by atoms with E-state index in [1.807, 2.05) is 0 Å². The minimum absolute atomic E-state index is 0.788. The molecule has 1 heteroatoms. The molecule has 1 atom stereocenters. The van der Waals surface area contributed by atoms with Crippen molar-refractivity contribution in [3.8, 4) is 16.9 Å². The van der Waals surface area contributed by atoms with Gasteiger partial charge in [-0.2, -0.15) is 0 Å². The lowest BCUT2D eigenvalue weighted by Gasteiger charge is -2.17. The van der Waals surface area contributed by atoms with E-state index in [4.69, 9.17) is 4.74 Å². The van der Waals surface area contributed by atoms with Crippen molar-refractivity contribution < 1.29 is 4.74 Å². The summed E-state index contributed by atoms with van der Waals surface area (Å²) in [6, 6.07) is 9.38. The third-order valence-electron chi connectivity index (χ3n) is 6.59. The third-order valence-corrected chi connectivity index (χ3v) is 6.59. The molecule has 1 unspecified atom stereocenters. The zero-order valence-corrected chi connectivity index (χ0v) is 19.5. The van der Waals surface area contributed by atoms with E-state index < -0.39 is 0 Å². The predicted molar refractivity (Wildman–Crippen MR) is 126 cm³/mol. The summed E-state index contributed by atoms with van der Waals surface area (Å²) < 4.78 is 6.13. The molecule has 2 aromatic rings. The van der Waals surface area contributed by atoms with Crippen LogP contribution in [0.4, 0.5) is 0 Å². The largest absolute Gasteiger partial charge is 0.493 e. The van der Waals surface area contributed by atoms with Crippen molar-refractivity contribution in [1.82, 2.24) is 0 Å². The second kappa shape index (κ2) is 9.83. The van der Waals surface area contributed by atoms with Crippen LogP contribution in [0.3, 0.4) is 0 Å². The van der Waals surface area contributed by atoms with E-state index in [2.05, 4.69) is 65.8 Å². The number of aryl methyl sites for hydroxylation is 4. The number of unbranched alkanes of at least 4 members (excludes halogenated alkanes) is 1. The first-order valence-corrected chi connectivity index (χ1v) is 11.7. The molecular formula is C28H40O. The Labute approximate surface area is 178 Å². The van der Waals surface area contributed by atoms with E-state index in [1.54, 1.807) is 5.56 Å². The van der Waals surface area contributed by atoms with Crippen LogP contribution in [-0.2, 0) is 6.42 Å². The average Bonchev–Trinajstić information content (AvgIpc) is 3.49. The Morgan fingerprint density at radius 1 is 0.862 bits per heavy atom. The number of ether oxygens (including phenoxy) is 1. The highest BCUT2D eigenvalue weighted by Crippen LogP contribution is 2.35. The van der Waals surface area contributed by atoms with Gasteiger partial charge < -0.3 is 4.74 Å². The molecule has 2 aromatic carbocycles. The van der Waals surface area contributed by atoms with Crippen LogP contribution in [0.2, 0.25) is 0 Å². The van der Waals surface area contributed by atoms with Gasteiger partial charge in [-0.3, -0.25) is 0 Å². The molecule has 0 saturated heterocycles. The monoisotopic (exact) mass is 392 g/mol. The first-order chi connectivity index (χ1) is 13.9. The van der Waals surface area contributed by atoms with E-state index in [-0.39, 0.29) is 0 Å². The van der Waals surface area contributed by atoms with Crippen molar-refractivity contribution in [2.75, 3.05) is 6.61 Å². The maximum absolute atomic E-state index is 6.13. The van der Waals surface area contributed by atoms with Crippen LogP contribution in [0.25, 0.3) is 11.1 Å². The first kappa shape index (κ1) is 21.9. The zero-order valence-electron chi connectivity index (χ0n) is 19.5. The lowest BCUT2D eigenvalue weighted by atomic mass is 9.89. The van der Waals surface area contributed by atoms with E-state index in [0.717, 1.165) is 24.2 Å². The highest BCUT2D eigenvalue weighted by atomic mass is 16.5. The van der Waals surface area contributed by atoms with E-state index in [9.17, 15) is 0 Å². The Hall–Kier alpha value is -1.76. The molecule has 0 bridgehead atoms. The highest BCUT2D eigenvalue weighted by Gasteiger charge is 2.22. The van der Waals surface area contributed by atoms with E-state index in [0.29, 0.717) is 0 Å². The fourth-order valence-corrected chi connectivity index (χ4v) is 4.47.